The first-order valence-corrected chi connectivity index (χ1v) is 8.53. The standard InChI is InChI=1S/C19H27N3O3/c1-6-25-17-8-7-16(11-18(17)24-5)12-20-19(23)10-15(4)22-14(3)9-13(2)21-22/h7-9,11,15H,6,10,12H2,1-5H3,(H,20,23)/t15-/m0/s1. The van der Waals surface area contributed by atoms with Gasteiger partial charge in [0.15, 0.2) is 11.5 Å². The molecule has 0 aliphatic rings. The lowest BCUT2D eigenvalue weighted by Gasteiger charge is -2.15. The highest BCUT2D eigenvalue weighted by Crippen LogP contribution is 2.28. The van der Waals surface area contributed by atoms with Crippen LogP contribution < -0.4 is 14.8 Å². The van der Waals surface area contributed by atoms with Crippen LogP contribution in [0, 0.1) is 13.8 Å². The Morgan fingerprint density at radius 1 is 1.28 bits per heavy atom. The summed E-state index contributed by atoms with van der Waals surface area (Å²) in [4.78, 5) is 12.2. The van der Waals surface area contributed by atoms with Crippen LogP contribution in [-0.2, 0) is 11.3 Å². The molecule has 1 aromatic heterocycles. The van der Waals surface area contributed by atoms with Gasteiger partial charge in [-0.3, -0.25) is 9.48 Å². The molecule has 1 amide bonds. The van der Waals surface area contributed by atoms with Crippen molar-refractivity contribution in [2.75, 3.05) is 13.7 Å². The van der Waals surface area contributed by atoms with Crippen LogP contribution in [0.15, 0.2) is 24.3 Å². The summed E-state index contributed by atoms with van der Waals surface area (Å²) in [5.74, 6) is 1.37. The van der Waals surface area contributed by atoms with Crippen molar-refractivity contribution in [1.29, 1.82) is 0 Å². The second kappa shape index (κ2) is 8.55. The molecule has 1 N–H and O–H groups in total. The van der Waals surface area contributed by atoms with Gasteiger partial charge in [0.2, 0.25) is 5.91 Å². The molecule has 0 spiro atoms. The Balaban J connectivity index is 1.92. The molecule has 1 heterocycles. The number of aryl methyl sites for hydroxylation is 2. The van der Waals surface area contributed by atoms with Gasteiger partial charge in [0.25, 0.3) is 0 Å². The zero-order valence-corrected chi connectivity index (χ0v) is 15.6. The number of methoxy groups -OCH3 is 1. The van der Waals surface area contributed by atoms with Crippen molar-refractivity contribution >= 4 is 5.91 Å². The van der Waals surface area contributed by atoms with Gasteiger partial charge in [0.1, 0.15) is 0 Å². The molecule has 1 atom stereocenters. The van der Waals surface area contributed by atoms with Crippen LogP contribution in [0.25, 0.3) is 0 Å². The monoisotopic (exact) mass is 345 g/mol. The molecule has 0 saturated heterocycles. The number of nitrogens with zero attached hydrogens (tertiary/aromatic N) is 2. The molecule has 25 heavy (non-hydrogen) atoms. The first-order chi connectivity index (χ1) is 11.9. The van der Waals surface area contributed by atoms with Crippen molar-refractivity contribution in [2.24, 2.45) is 0 Å². The molecule has 0 bridgehead atoms. The minimum absolute atomic E-state index is 0.00657. The molecule has 6 nitrogen and oxygen atoms in total. The van der Waals surface area contributed by atoms with Crippen molar-refractivity contribution < 1.29 is 14.3 Å². The third kappa shape index (κ3) is 4.98. The fourth-order valence-electron chi connectivity index (χ4n) is 2.82. The van der Waals surface area contributed by atoms with E-state index >= 15 is 0 Å². The van der Waals surface area contributed by atoms with Crippen LogP contribution in [0.4, 0.5) is 0 Å². The molecule has 6 heteroatoms. The predicted molar refractivity (Wildman–Crippen MR) is 97.0 cm³/mol. The molecule has 2 aromatic rings. The largest absolute Gasteiger partial charge is 0.493 e. The van der Waals surface area contributed by atoms with Crippen molar-refractivity contribution in [1.82, 2.24) is 15.1 Å². The average Bonchev–Trinajstić information content (AvgIpc) is 2.92. The fraction of sp³-hybridized carbons (Fsp3) is 0.474. The second-order valence-electron chi connectivity index (χ2n) is 6.12. The minimum Gasteiger partial charge on any atom is -0.493 e. The van der Waals surface area contributed by atoms with E-state index in [-0.39, 0.29) is 11.9 Å². The maximum atomic E-state index is 12.2. The van der Waals surface area contributed by atoms with Crippen LogP contribution in [-0.4, -0.2) is 29.4 Å². The van der Waals surface area contributed by atoms with Gasteiger partial charge in [-0.25, -0.2) is 0 Å². The van der Waals surface area contributed by atoms with E-state index in [2.05, 4.69) is 10.4 Å². The summed E-state index contributed by atoms with van der Waals surface area (Å²) in [5, 5.41) is 7.39. The zero-order valence-electron chi connectivity index (χ0n) is 15.6. The van der Waals surface area contributed by atoms with Crippen LogP contribution in [0.1, 0.15) is 43.3 Å². The van der Waals surface area contributed by atoms with Gasteiger partial charge >= 0.3 is 0 Å². The normalized spacial score (nSPS) is 11.9. The average molecular weight is 345 g/mol. The predicted octanol–water partition coefficient (Wildman–Crippen LogP) is 3.17. The summed E-state index contributed by atoms with van der Waals surface area (Å²) in [5.41, 5.74) is 2.99. The molecular formula is C19H27N3O3. The number of carbonyl (C=O) groups excluding carboxylic acids is 1. The molecule has 0 saturated carbocycles. The topological polar surface area (TPSA) is 65.4 Å². The third-order valence-electron chi connectivity index (χ3n) is 3.96. The summed E-state index contributed by atoms with van der Waals surface area (Å²) < 4.78 is 12.7. The van der Waals surface area contributed by atoms with E-state index in [4.69, 9.17) is 9.47 Å². The van der Waals surface area contributed by atoms with E-state index in [1.54, 1.807) is 7.11 Å². The Hall–Kier alpha value is -2.50. The Morgan fingerprint density at radius 2 is 2.04 bits per heavy atom. The third-order valence-corrected chi connectivity index (χ3v) is 3.96. The molecule has 0 aliphatic heterocycles. The molecular weight excluding hydrogens is 318 g/mol. The first kappa shape index (κ1) is 18.8. The summed E-state index contributed by atoms with van der Waals surface area (Å²) in [6, 6.07) is 7.71. The van der Waals surface area contributed by atoms with Gasteiger partial charge in [-0.05, 0) is 51.5 Å². The van der Waals surface area contributed by atoms with Crippen LogP contribution in [0.2, 0.25) is 0 Å². The van der Waals surface area contributed by atoms with Gasteiger partial charge in [0.05, 0.1) is 25.5 Å². The highest BCUT2D eigenvalue weighted by molar-refractivity contribution is 5.76. The number of hydrogen-bond donors (Lipinski definition) is 1. The Kier molecular flexibility index (Phi) is 6.44. The molecule has 0 aliphatic carbocycles. The fourth-order valence-corrected chi connectivity index (χ4v) is 2.82. The van der Waals surface area contributed by atoms with Crippen LogP contribution in [0.5, 0.6) is 11.5 Å². The van der Waals surface area contributed by atoms with Crippen LogP contribution >= 0.6 is 0 Å². The minimum atomic E-state index is -0.00657. The molecule has 136 valence electrons. The zero-order chi connectivity index (χ0) is 18.4. The van der Waals surface area contributed by atoms with Crippen LogP contribution in [0.3, 0.4) is 0 Å². The maximum Gasteiger partial charge on any atom is 0.222 e. The van der Waals surface area contributed by atoms with E-state index in [0.29, 0.717) is 31.1 Å². The van der Waals surface area contributed by atoms with E-state index < -0.39 is 0 Å². The van der Waals surface area contributed by atoms with Gasteiger partial charge in [-0.2, -0.15) is 5.10 Å². The van der Waals surface area contributed by atoms with Crippen molar-refractivity contribution in [2.45, 2.75) is 46.7 Å². The van der Waals surface area contributed by atoms with E-state index in [9.17, 15) is 4.79 Å². The molecule has 0 unspecified atom stereocenters. The number of aromatic nitrogens is 2. The second-order valence-corrected chi connectivity index (χ2v) is 6.12. The van der Waals surface area contributed by atoms with Crippen molar-refractivity contribution in [3.05, 3.63) is 41.2 Å². The lowest BCUT2D eigenvalue weighted by Crippen LogP contribution is -2.26. The Labute approximate surface area is 149 Å². The lowest BCUT2D eigenvalue weighted by atomic mass is 10.2. The molecule has 0 radical (unpaired) electrons. The molecule has 0 fully saturated rings. The SMILES string of the molecule is CCOc1ccc(CNC(=O)C[C@H](C)n2nc(C)cc2C)cc1OC. The number of rotatable bonds is 8. The lowest BCUT2D eigenvalue weighted by molar-refractivity contribution is -0.122. The Morgan fingerprint density at radius 3 is 2.64 bits per heavy atom. The summed E-state index contributed by atoms with van der Waals surface area (Å²) >= 11 is 0. The van der Waals surface area contributed by atoms with Gasteiger partial charge in [-0.15, -0.1) is 0 Å². The van der Waals surface area contributed by atoms with Crippen molar-refractivity contribution in [3.63, 3.8) is 0 Å². The number of carbonyl (C=O) groups is 1. The molecule has 1 aromatic carbocycles. The van der Waals surface area contributed by atoms with E-state index in [1.165, 1.54) is 0 Å². The number of nitrogens with one attached hydrogen (secondary N) is 1. The van der Waals surface area contributed by atoms with Gasteiger partial charge in [-0.1, -0.05) is 6.07 Å². The Bertz CT molecular complexity index is 725. The quantitative estimate of drug-likeness (QED) is 0.798. The number of ether oxygens (including phenoxy) is 2. The highest BCUT2D eigenvalue weighted by atomic mass is 16.5. The highest BCUT2D eigenvalue weighted by Gasteiger charge is 2.14. The number of benzene rings is 1. The summed E-state index contributed by atoms with van der Waals surface area (Å²) in [6.45, 7) is 8.91. The van der Waals surface area contributed by atoms with Gasteiger partial charge < -0.3 is 14.8 Å². The summed E-state index contributed by atoms with van der Waals surface area (Å²) in [7, 11) is 1.61. The van der Waals surface area contributed by atoms with Gasteiger partial charge in [0, 0.05) is 18.7 Å². The van der Waals surface area contributed by atoms with E-state index in [0.717, 1.165) is 17.0 Å². The number of hydrogen-bond acceptors (Lipinski definition) is 4. The summed E-state index contributed by atoms with van der Waals surface area (Å²) in [6.07, 6.45) is 0.385. The first-order valence-electron chi connectivity index (χ1n) is 8.53. The smallest absolute Gasteiger partial charge is 0.222 e. The maximum absolute atomic E-state index is 12.2. The molecule has 2 rings (SSSR count). The number of amides is 1. The van der Waals surface area contributed by atoms with Crippen molar-refractivity contribution in [3.8, 4) is 11.5 Å². The van der Waals surface area contributed by atoms with E-state index in [1.807, 2.05) is 56.6 Å².